The zero-order valence-electron chi connectivity index (χ0n) is 13.2. The van der Waals surface area contributed by atoms with E-state index in [0.717, 1.165) is 30.6 Å². The smallest absolute Gasteiger partial charge is 0.191 e. The number of benzene rings is 1. The molecule has 0 aliphatic rings. The fraction of sp³-hybridized carbons (Fsp3) is 0.400. The minimum atomic E-state index is 0. The molecule has 0 spiro atoms. The van der Waals surface area contributed by atoms with Crippen molar-refractivity contribution in [3.8, 4) is 0 Å². The van der Waals surface area contributed by atoms with Gasteiger partial charge in [0, 0.05) is 20.6 Å². The fourth-order valence-corrected chi connectivity index (χ4v) is 1.96. The molecule has 0 aliphatic carbocycles. The Bertz CT molecular complexity index is 593. The second-order valence-corrected chi connectivity index (χ2v) is 4.81. The summed E-state index contributed by atoms with van der Waals surface area (Å²) in [6.45, 7) is 3.37. The molecule has 0 unspecified atom stereocenters. The molecule has 6 nitrogen and oxygen atoms in total. The number of rotatable bonds is 5. The standard InChI is InChI=1S/C15H22N6.HI/c1-12-19-20-14(21(12)3)11-18-15(16-2)17-10-9-13-7-5-4-6-8-13;/h4-8H,9-11H2,1-3H3,(H2,16,17,18);1H. The third kappa shape index (κ3) is 5.28. The fourth-order valence-electron chi connectivity index (χ4n) is 1.96. The van der Waals surface area contributed by atoms with E-state index in [0.29, 0.717) is 6.54 Å². The van der Waals surface area contributed by atoms with Crippen molar-refractivity contribution in [1.82, 2.24) is 25.4 Å². The van der Waals surface area contributed by atoms with Gasteiger partial charge in [0.15, 0.2) is 11.8 Å². The van der Waals surface area contributed by atoms with Crippen molar-refractivity contribution in [2.75, 3.05) is 13.6 Å². The van der Waals surface area contributed by atoms with Gasteiger partial charge in [-0.1, -0.05) is 30.3 Å². The van der Waals surface area contributed by atoms with Crippen LogP contribution in [-0.4, -0.2) is 34.3 Å². The Hall–Kier alpha value is -1.64. The second kappa shape index (κ2) is 9.39. The third-order valence-corrected chi connectivity index (χ3v) is 3.37. The molecule has 0 fully saturated rings. The predicted molar refractivity (Wildman–Crippen MR) is 99.5 cm³/mol. The first-order chi connectivity index (χ1) is 10.2. The van der Waals surface area contributed by atoms with Crippen LogP contribution in [0.1, 0.15) is 17.2 Å². The highest BCUT2D eigenvalue weighted by molar-refractivity contribution is 14.0. The second-order valence-electron chi connectivity index (χ2n) is 4.81. The first-order valence-electron chi connectivity index (χ1n) is 7.04. The number of hydrogen-bond donors (Lipinski definition) is 2. The van der Waals surface area contributed by atoms with Crippen LogP contribution in [0.5, 0.6) is 0 Å². The molecule has 0 saturated heterocycles. The molecule has 0 saturated carbocycles. The number of hydrogen-bond acceptors (Lipinski definition) is 3. The summed E-state index contributed by atoms with van der Waals surface area (Å²) in [6.07, 6.45) is 0.963. The molecule has 120 valence electrons. The molecule has 0 radical (unpaired) electrons. The molecule has 1 heterocycles. The largest absolute Gasteiger partial charge is 0.356 e. The van der Waals surface area contributed by atoms with E-state index in [2.05, 4.69) is 50.1 Å². The van der Waals surface area contributed by atoms with Crippen LogP contribution in [0.25, 0.3) is 0 Å². The molecule has 1 aromatic carbocycles. The van der Waals surface area contributed by atoms with Gasteiger partial charge in [0.05, 0.1) is 6.54 Å². The number of guanidine groups is 1. The lowest BCUT2D eigenvalue weighted by molar-refractivity contribution is 0.716. The minimum absolute atomic E-state index is 0. The van der Waals surface area contributed by atoms with Crippen LogP contribution in [0.15, 0.2) is 35.3 Å². The summed E-state index contributed by atoms with van der Waals surface area (Å²) in [6, 6.07) is 10.4. The first-order valence-corrected chi connectivity index (χ1v) is 7.04. The number of aryl methyl sites for hydroxylation is 1. The number of aromatic nitrogens is 3. The van der Waals surface area contributed by atoms with Crippen molar-refractivity contribution >= 4 is 29.9 Å². The summed E-state index contributed by atoms with van der Waals surface area (Å²) in [5.41, 5.74) is 1.31. The molecule has 22 heavy (non-hydrogen) atoms. The maximum absolute atomic E-state index is 4.21. The van der Waals surface area contributed by atoms with Gasteiger partial charge in [-0.15, -0.1) is 34.2 Å². The van der Waals surface area contributed by atoms with E-state index in [1.165, 1.54) is 5.56 Å². The van der Waals surface area contributed by atoms with Crippen molar-refractivity contribution in [1.29, 1.82) is 0 Å². The Morgan fingerprint density at radius 1 is 1.18 bits per heavy atom. The van der Waals surface area contributed by atoms with Crippen molar-refractivity contribution < 1.29 is 0 Å². The zero-order chi connectivity index (χ0) is 15.1. The Kier molecular flexibility index (Phi) is 7.86. The Labute approximate surface area is 148 Å². The van der Waals surface area contributed by atoms with Crippen molar-refractivity contribution in [2.24, 2.45) is 12.0 Å². The average molecular weight is 414 g/mol. The highest BCUT2D eigenvalue weighted by atomic mass is 127. The lowest BCUT2D eigenvalue weighted by atomic mass is 10.1. The van der Waals surface area contributed by atoms with Gasteiger partial charge in [0.25, 0.3) is 0 Å². The molecule has 0 aliphatic heterocycles. The van der Waals surface area contributed by atoms with E-state index >= 15 is 0 Å². The average Bonchev–Trinajstić information content (AvgIpc) is 2.83. The molecule has 2 aromatic rings. The van der Waals surface area contributed by atoms with E-state index in [1.807, 2.05) is 24.6 Å². The van der Waals surface area contributed by atoms with Gasteiger partial charge < -0.3 is 15.2 Å². The molecule has 1 aromatic heterocycles. The van der Waals surface area contributed by atoms with Gasteiger partial charge in [-0.2, -0.15) is 0 Å². The zero-order valence-corrected chi connectivity index (χ0v) is 15.5. The highest BCUT2D eigenvalue weighted by Gasteiger charge is 2.05. The molecule has 0 bridgehead atoms. The molecular weight excluding hydrogens is 391 g/mol. The first kappa shape index (κ1) is 18.4. The van der Waals surface area contributed by atoms with Crippen LogP contribution in [0.4, 0.5) is 0 Å². The summed E-state index contributed by atoms with van der Waals surface area (Å²) >= 11 is 0. The van der Waals surface area contributed by atoms with Gasteiger partial charge >= 0.3 is 0 Å². The van der Waals surface area contributed by atoms with E-state index in [4.69, 9.17) is 0 Å². The highest BCUT2D eigenvalue weighted by Crippen LogP contribution is 1.98. The summed E-state index contributed by atoms with van der Waals surface area (Å²) < 4.78 is 1.96. The summed E-state index contributed by atoms with van der Waals surface area (Å²) in [7, 11) is 3.72. The summed E-state index contributed by atoms with van der Waals surface area (Å²) in [4.78, 5) is 4.21. The van der Waals surface area contributed by atoms with Crippen LogP contribution in [0, 0.1) is 6.92 Å². The molecule has 0 atom stereocenters. The van der Waals surface area contributed by atoms with Gasteiger partial charge in [0.2, 0.25) is 0 Å². The number of nitrogens with zero attached hydrogens (tertiary/aromatic N) is 4. The number of halogens is 1. The molecule has 2 rings (SSSR count). The maximum Gasteiger partial charge on any atom is 0.191 e. The Morgan fingerprint density at radius 3 is 2.50 bits per heavy atom. The topological polar surface area (TPSA) is 67.1 Å². The molecule has 0 amide bonds. The van der Waals surface area contributed by atoms with E-state index < -0.39 is 0 Å². The van der Waals surface area contributed by atoms with E-state index in [-0.39, 0.29) is 24.0 Å². The summed E-state index contributed by atoms with van der Waals surface area (Å²) in [5.74, 6) is 2.56. The van der Waals surface area contributed by atoms with E-state index in [1.54, 1.807) is 7.05 Å². The van der Waals surface area contributed by atoms with Crippen molar-refractivity contribution in [2.45, 2.75) is 19.9 Å². The van der Waals surface area contributed by atoms with Gasteiger partial charge in [-0.05, 0) is 18.9 Å². The lowest BCUT2D eigenvalue weighted by Gasteiger charge is -2.11. The maximum atomic E-state index is 4.21. The Morgan fingerprint density at radius 2 is 1.91 bits per heavy atom. The molecule has 2 N–H and O–H groups in total. The van der Waals surface area contributed by atoms with Gasteiger partial charge in [0.1, 0.15) is 5.82 Å². The minimum Gasteiger partial charge on any atom is -0.356 e. The van der Waals surface area contributed by atoms with Crippen molar-refractivity contribution in [3.05, 3.63) is 47.5 Å². The Balaban J connectivity index is 0.00000242. The van der Waals surface area contributed by atoms with Gasteiger partial charge in [-0.3, -0.25) is 4.99 Å². The third-order valence-electron chi connectivity index (χ3n) is 3.37. The van der Waals surface area contributed by atoms with Crippen LogP contribution in [-0.2, 0) is 20.0 Å². The predicted octanol–water partition coefficient (Wildman–Crippen LogP) is 1.65. The van der Waals surface area contributed by atoms with Crippen LogP contribution in [0.3, 0.4) is 0 Å². The van der Waals surface area contributed by atoms with Crippen molar-refractivity contribution in [3.63, 3.8) is 0 Å². The van der Waals surface area contributed by atoms with Crippen LogP contribution < -0.4 is 10.6 Å². The molecular formula is C15H23IN6. The van der Waals surface area contributed by atoms with Gasteiger partial charge in [-0.25, -0.2) is 0 Å². The number of nitrogens with one attached hydrogen (secondary N) is 2. The SMILES string of the molecule is CN=C(NCCc1ccccc1)NCc1nnc(C)n1C.I. The monoisotopic (exact) mass is 414 g/mol. The normalized spacial score (nSPS) is 11.0. The number of aliphatic imine (C=N–C) groups is 1. The van der Waals surface area contributed by atoms with Crippen LogP contribution >= 0.6 is 24.0 Å². The molecule has 7 heteroatoms. The lowest BCUT2D eigenvalue weighted by Crippen LogP contribution is -2.38. The summed E-state index contributed by atoms with van der Waals surface area (Å²) in [5, 5.41) is 14.7. The quantitative estimate of drug-likeness (QED) is 0.444. The van der Waals surface area contributed by atoms with Crippen LogP contribution in [0.2, 0.25) is 0 Å². The van der Waals surface area contributed by atoms with E-state index in [9.17, 15) is 0 Å².